The molecule has 168 valence electrons. The molecular weight excluding hydrogens is 487 g/mol. The molecule has 1 aliphatic rings. The first-order chi connectivity index (χ1) is 15.8. The average Bonchev–Trinajstić information content (AvgIpc) is 3.34. The largest absolute Gasteiger partial charge is 0.462 e. The highest BCUT2D eigenvalue weighted by atomic mass is 35.5. The molecule has 0 saturated heterocycles. The van der Waals surface area contributed by atoms with E-state index in [9.17, 15) is 9.59 Å². The minimum atomic E-state index is -0.511. The summed E-state index contributed by atoms with van der Waals surface area (Å²) < 4.78 is 10.9. The maximum absolute atomic E-state index is 13.0. The van der Waals surface area contributed by atoms with Gasteiger partial charge in [-0.15, -0.1) is 0 Å². The fourth-order valence-corrected chi connectivity index (χ4v) is 4.00. The van der Waals surface area contributed by atoms with Crippen molar-refractivity contribution in [2.75, 3.05) is 11.6 Å². The summed E-state index contributed by atoms with van der Waals surface area (Å²) in [6.45, 7) is 3.69. The van der Waals surface area contributed by atoms with Crippen molar-refractivity contribution in [2.24, 2.45) is 5.10 Å². The summed E-state index contributed by atoms with van der Waals surface area (Å²) in [7, 11) is 0. The lowest BCUT2D eigenvalue weighted by Crippen LogP contribution is -2.21. The quantitative estimate of drug-likeness (QED) is 0.281. The van der Waals surface area contributed by atoms with Crippen LogP contribution in [0.3, 0.4) is 0 Å². The van der Waals surface area contributed by atoms with Gasteiger partial charge in [0.05, 0.1) is 34.2 Å². The van der Waals surface area contributed by atoms with E-state index in [2.05, 4.69) is 5.10 Å². The van der Waals surface area contributed by atoms with Crippen LogP contribution in [-0.4, -0.2) is 24.2 Å². The Labute approximate surface area is 205 Å². The molecule has 0 atom stereocenters. The monoisotopic (exact) mass is 502 g/mol. The van der Waals surface area contributed by atoms with Crippen molar-refractivity contribution in [1.29, 1.82) is 0 Å². The van der Waals surface area contributed by atoms with E-state index in [4.69, 9.17) is 44.0 Å². The smallest absolute Gasteiger partial charge is 0.339 e. The number of hydrazone groups is 1. The number of rotatable bonds is 5. The molecule has 4 rings (SSSR count). The van der Waals surface area contributed by atoms with Crippen LogP contribution in [0, 0.1) is 0 Å². The summed E-state index contributed by atoms with van der Waals surface area (Å²) in [5.74, 6) is 0.104. The third kappa shape index (κ3) is 4.83. The molecule has 2 aromatic carbocycles. The zero-order valence-corrected chi connectivity index (χ0v) is 19.8. The van der Waals surface area contributed by atoms with Gasteiger partial charge >= 0.3 is 5.97 Å². The van der Waals surface area contributed by atoms with E-state index in [1.807, 2.05) is 0 Å². The maximum Gasteiger partial charge on any atom is 0.339 e. The van der Waals surface area contributed by atoms with E-state index >= 15 is 0 Å². The number of ether oxygens (including phenoxy) is 1. The van der Waals surface area contributed by atoms with Crippen LogP contribution >= 0.6 is 34.8 Å². The Hall–Kier alpha value is -3.06. The van der Waals surface area contributed by atoms with Gasteiger partial charge in [-0.1, -0.05) is 34.8 Å². The number of furan rings is 1. The third-order valence-electron chi connectivity index (χ3n) is 4.81. The maximum atomic E-state index is 13.0. The van der Waals surface area contributed by atoms with E-state index in [-0.39, 0.29) is 23.1 Å². The zero-order valence-electron chi connectivity index (χ0n) is 17.6. The molecule has 0 N–H and O–H groups in total. The Bertz CT molecular complexity index is 1310. The molecule has 0 radical (unpaired) electrons. The minimum absolute atomic E-state index is 0.241. The summed E-state index contributed by atoms with van der Waals surface area (Å²) >= 11 is 18.3. The normalized spacial score (nSPS) is 14.7. The van der Waals surface area contributed by atoms with E-state index in [0.29, 0.717) is 44.1 Å². The van der Waals surface area contributed by atoms with Crippen LogP contribution in [-0.2, 0) is 9.53 Å². The molecule has 6 nitrogen and oxygen atoms in total. The Morgan fingerprint density at radius 1 is 1.09 bits per heavy atom. The summed E-state index contributed by atoms with van der Waals surface area (Å²) in [4.78, 5) is 25.1. The van der Waals surface area contributed by atoms with Crippen LogP contribution < -0.4 is 5.01 Å². The second-order valence-corrected chi connectivity index (χ2v) is 8.39. The van der Waals surface area contributed by atoms with Gasteiger partial charge in [-0.2, -0.15) is 10.1 Å². The number of amides is 1. The number of carbonyl (C=O) groups is 2. The van der Waals surface area contributed by atoms with Crippen LogP contribution in [0.1, 0.15) is 30.0 Å². The first kappa shape index (κ1) is 23.1. The predicted molar refractivity (Wildman–Crippen MR) is 130 cm³/mol. The first-order valence-corrected chi connectivity index (χ1v) is 11.0. The fourth-order valence-electron chi connectivity index (χ4n) is 3.29. The number of anilines is 1. The van der Waals surface area contributed by atoms with E-state index < -0.39 is 5.97 Å². The highest BCUT2D eigenvalue weighted by molar-refractivity contribution is 6.36. The van der Waals surface area contributed by atoms with Crippen molar-refractivity contribution in [3.8, 4) is 11.3 Å². The number of hydrogen-bond acceptors (Lipinski definition) is 5. The number of benzene rings is 2. The highest BCUT2D eigenvalue weighted by Gasteiger charge is 2.29. The van der Waals surface area contributed by atoms with Gasteiger partial charge in [-0.3, -0.25) is 4.79 Å². The second-order valence-electron chi connectivity index (χ2n) is 7.11. The highest BCUT2D eigenvalue weighted by Crippen LogP contribution is 2.32. The molecule has 9 heteroatoms. The van der Waals surface area contributed by atoms with Gasteiger partial charge < -0.3 is 9.15 Å². The molecule has 0 aliphatic carbocycles. The standard InChI is InChI=1S/C24H17Cl3N2O4/c1-3-32-24(31)20-8-14(4-6-21(20)27)22-7-5-18(33-22)12-19-13(2)28-29(23(19)30)17-10-15(25)9-16(26)11-17/h4-12H,3H2,1-2H3/b19-12-. The van der Waals surface area contributed by atoms with Gasteiger partial charge in [0.2, 0.25) is 0 Å². The van der Waals surface area contributed by atoms with Crippen molar-refractivity contribution in [2.45, 2.75) is 13.8 Å². The SMILES string of the molecule is CCOC(=O)c1cc(-c2ccc(/C=C3\C(=O)N(c4cc(Cl)cc(Cl)c4)N=C3C)o2)ccc1Cl. The lowest BCUT2D eigenvalue weighted by atomic mass is 10.1. The zero-order chi connectivity index (χ0) is 23.7. The van der Waals surface area contributed by atoms with Gasteiger partial charge in [0.15, 0.2) is 0 Å². The summed E-state index contributed by atoms with van der Waals surface area (Å²) in [6, 6.07) is 13.2. The van der Waals surface area contributed by atoms with Crippen LogP contribution in [0.2, 0.25) is 15.1 Å². The van der Waals surface area contributed by atoms with Gasteiger partial charge in [0, 0.05) is 15.6 Å². The molecule has 0 saturated carbocycles. The molecule has 33 heavy (non-hydrogen) atoms. The Morgan fingerprint density at radius 3 is 2.52 bits per heavy atom. The topological polar surface area (TPSA) is 72.1 Å². The molecule has 0 bridgehead atoms. The van der Waals surface area contributed by atoms with E-state index in [1.54, 1.807) is 68.5 Å². The number of nitrogens with zero attached hydrogens (tertiary/aromatic N) is 2. The van der Waals surface area contributed by atoms with Gasteiger partial charge in [0.25, 0.3) is 5.91 Å². The van der Waals surface area contributed by atoms with Crippen molar-refractivity contribution in [3.05, 3.63) is 80.5 Å². The summed E-state index contributed by atoms with van der Waals surface area (Å²) in [5.41, 5.74) is 2.25. The molecular formula is C24H17Cl3N2O4. The molecule has 2 heterocycles. The lowest BCUT2D eigenvalue weighted by Gasteiger charge is -2.12. The van der Waals surface area contributed by atoms with Crippen LogP contribution in [0.25, 0.3) is 17.4 Å². The molecule has 1 aromatic heterocycles. The Balaban J connectivity index is 1.62. The average molecular weight is 504 g/mol. The predicted octanol–water partition coefficient (Wildman–Crippen LogP) is 6.89. The van der Waals surface area contributed by atoms with Crippen molar-refractivity contribution < 1.29 is 18.7 Å². The lowest BCUT2D eigenvalue weighted by molar-refractivity contribution is -0.114. The van der Waals surface area contributed by atoms with Crippen molar-refractivity contribution in [1.82, 2.24) is 0 Å². The molecule has 0 fully saturated rings. The molecule has 1 aliphatic heterocycles. The van der Waals surface area contributed by atoms with Crippen molar-refractivity contribution in [3.63, 3.8) is 0 Å². The van der Waals surface area contributed by atoms with Crippen molar-refractivity contribution >= 4 is 64.2 Å². The first-order valence-electron chi connectivity index (χ1n) is 9.91. The summed E-state index contributed by atoms with van der Waals surface area (Å²) in [6.07, 6.45) is 1.61. The second kappa shape index (κ2) is 9.43. The number of halogens is 3. The Morgan fingerprint density at radius 2 is 1.82 bits per heavy atom. The molecule has 0 unspecified atom stereocenters. The Kier molecular flexibility index (Phi) is 6.61. The van der Waals surface area contributed by atoms with Crippen LogP contribution in [0.4, 0.5) is 5.69 Å². The van der Waals surface area contributed by atoms with E-state index in [1.165, 1.54) is 5.01 Å². The third-order valence-corrected chi connectivity index (χ3v) is 5.58. The van der Waals surface area contributed by atoms with Gasteiger partial charge in [0.1, 0.15) is 11.5 Å². The van der Waals surface area contributed by atoms with Crippen LogP contribution in [0.5, 0.6) is 0 Å². The van der Waals surface area contributed by atoms with Gasteiger partial charge in [-0.05, 0) is 68.5 Å². The summed E-state index contributed by atoms with van der Waals surface area (Å²) in [5, 5.41) is 6.66. The van der Waals surface area contributed by atoms with E-state index in [0.717, 1.165) is 0 Å². The van der Waals surface area contributed by atoms with Crippen LogP contribution in [0.15, 0.2) is 63.6 Å². The number of carbonyl (C=O) groups excluding carboxylic acids is 2. The van der Waals surface area contributed by atoms with Gasteiger partial charge in [-0.25, -0.2) is 4.79 Å². The minimum Gasteiger partial charge on any atom is -0.462 e. The number of esters is 1. The molecule has 1 amide bonds. The number of hydrogen-bond donors (Lipinski definition) is 0. The fraction of sp³-hybridized carbons (Fsp3) is 0.125. The molecule has 3 aromatic rings. The molecule has 0 spiro atoms.